The summed E-state index contributed by atoms with van der Waals surface area (Å²) in [7, 11) is 1.64. The summed E-state index contributed by atoms with van der Waals surface area (Å²) in [5.74, 6) is 1.15. The molecule has 0 bridgehead atoms. The van der Waals surface area contributed by atoms with Gasteiger partial charge in [-0.1, -0.05) is 44.2 Å². The van der Waals surface area contributed by atoms with Crippen molar-refractivity contribution in [1.29, 1.82) is 0 Å². The van der Waals surface area contributed by atoms with E-state index in [0.717, 1.165) is 16.2 Å². The van der Waals surface area contributed by atoms with Gasteiger partial charge < -0.3 is 10.1 Å². The van der Waals surface area contributed by atoms with Gasteiger partial charge in [-0.3, -0.25) is 4.79 Å². The maximum atomic E-state index is 12.5. The van der Waals surface area contributed by atoms with E-state index in [-0.39, 0.29) is 17.1 Å². The Labute approximate surface area is 142 Å². The summed E-state index contributed by atoms with van der Waals surface area (Å²) in [6, 6.07) is 17.8. The average molecular weight is 329 g/mol. The molecule has 3 nitrogen and oxygen atoms in total. The molecule has 4 heteroatoms. The zero-order valence-electron chi connectivity index (χ0n) is 13.8. The van der Waals surface area contributed by atoms with Gasteiger partial charge in [0.2, 0.25) is 5.91 Å². The zero-order valence-corrected chi connectivity index (χ0v) is 14.6. The Kier molecular flexibility index (Phi) is 6.53. The fraction of sp³-hybridized carbons (Fsp3) is 0.316. The lowest BCUT2D eigenvalue weighted by atomic mass is 10.1. The first-order chi connectivity index (χ1) is 11.1. The lowest BCUT2D eigenvalue weighted by Crippen LogP contribution is -2.35. The molecule has 1 amide bonds. The number of rotatable bonds is 7. The van der Waals surface area contributed by atoms with Crippen LogP contribution in [0, 0.1) is 5.92 Å². The molecule has 0 saturated carbocycles. The van der Waals surface area contributed by atoms with E-state index in [0.29, 0.717) is 6.54 Å². The van der Waals surface area contributed by atoms with E-state index in [1.54, 1.807) is 18.9 Å². The lowest BCUT2D eigenvalue weighted by Gasteiger charge is -2.20. The molecule has 0 saturated heterocycles. The van der Waals surface area contributed by atoms with Gasteiger partial charge in [0.05, 0.1) is 12.4 Å². The number of amides is 1. The van der Waals surface area contributed by atoms with E-state index in [4.69, 9.17) is 4.74 Å². The topological polar surface area (TPSA) is 38.3 Å². The summed E-state index contributed by atoms with van der Waals surface area (Å²) in [6.07, 6.45) is 0. The minimum atomic E-state index is -0.101. The minimum absolute atomic E-state index is 0.0738. The SMILES string of the molecule is COc1ccc(CNC(=O)[C@H](Sc2ccccc2)C(C)C)cc1. The van der Waals surface area contributed by atoms with E-state index >= 15 is 0 Å². The first kappa shape index (κ1) is 17.4. The van der Waals surface area contributed by atoms with E-state index in [9.17, 15) is 4.79 Å². The quantitative estimate of drug-likeness (QED) is 0.776. The van der Waals surface area contributed by atoms with Crippen LogP contribution >= 0.6 is 11.8 Å². The predicted octanol–water partition coefficient (Wildman–Crippen LogP) is 4.13. The summed E-state index contributed by atoms with van der Waals surface area (Å²) in [6.45, 7) is 4.68. The average Bonchev–Trinajstić information content (AvgIpc) is 2.58. The van der Waals surface area contributed by atoms with Crippen molar-refractivity contribution >= 4 is 17.7 Å². The second kappa shape index (κ2) is 8.63. The van der Waals surface area contributed by atoms with Crippen LogP contribution in [0.3, 0.4) is 0 Å². The lowest BCUT2D eigenvalue weighted by molar-refractivity contribution is -0.121. The highest BCUT2D eigenvalue weighted by Crippen LogP contribution is 2.28. The van der Waals surface area contributed by atoms with Crippen LogP contribution < -0.4 is 10.1 Å². The molecule has 122 valence electrons. The molecule has 1 atom stereocenters. The maximum absolute atomic E-state index is 12.5. The number of thioether (sulfide) groups is 1. The fourth-order valence-corrected chi connectivity index (χ4v) is 3.24. The van der Waals surface area contributed by atoms with Crippen LogP contribution in [0.15, 0.2) is 59.5 Å². The van der Waals surface area contributed by atoms with Crippen molar-refractivity contribution in [3.05, 3.63) is 60.2 Å². The van der Waals surface area contributed by atoms with Gasteiger partial charge in [0, 0.05) is 11.4 Å². The molecule has 0 heterocycles. The van der Waals surface area contributed by atoms with Crippen LogP contribution in [0.1, 0.15) is 19.4 Å². The second-order valence-corrected chi connectivity index (χ2v) is 6.88. The van der Waals surface area contributed by atoms with Gasteiger partial charge in [0.25, 0.3) is 0 Å². The number of benzene rings is 2. The number of hydrogen-bond acceptors (Lipinski definition) is 3. The van der Waals surface area contributed by atoms with Gasteiger partial charge in [-0.15, -0.1) is 11.8 Å². The second-order valence-electron chi connectivity index (χ2n) is 5.66. The van der Waals surface area contributed by atoms with Crippen LogP contribution in [0.5, 0.6) is 5.75 Å². The summed E-state index contributed by atoms with van der Waals surface area (Å²) >= 11 is 1.61. The van der Waals surface area contributed by atoms with Crippen molar-refractivity contribution in [3.8, 4) is 5.75 Å². The third-order valence-electron chi connectivity index (χ3n) is 3.50. The van der Waals surface area contributed by atoms with Gasteiger partial charge >= 0.3 is 0 Å². The molecular formula is C19H23NO2S. The fourth-order valence-electron chi connectivity index (χ4n) is 2.17. The van der Waals surface area contributed by atoms with Crippen LogP contribution in [0.4, 0.5) is 0 Å². The Morgan fingerprint density at radius 1 is 1.09 bits per heavy atom. The summed E-state index contributed by atoms with van der Waals surface area (Å²) in [5, 5.41) is 2.94. The number of nitrogens with one attached hydrogen (secondary N) is 1. The van der Waals surface area contributed by atoms with E-state index in [1.807, 2.05) is 54.6 Å². The molecule has 23 heavy (non-hydrogen) atoms. The smallest absolute Gasteiger partial charge is 0.234 e. The van der Waals surface area contributed by atoms with Crippen molar-refractivity contribution in [1.82, 2.24) is 5.32 Å². The Bertz CT molecular complexity index is 611. The largest absolute Gasteiger partial charge is 0.497 e. The molecule has 2 aromatic carbocycles. The van der Waals surface area contributed by atoms with Gasteiger partial charge in [0.15, 0.2) is 0 Å². The van der Waals surface area contributed by atoms with Crippen molar-refractivity contribution in [2.45, 2.75) is 30.5 Å². The number of ether oxygens (including phenoxy) is 1. The molecule has 2 aromatic rings. The standard InChI is InChI=1S/C19H23NO2S/c1-14(2)18(23-17-7-5-4-6-8-17)19(21)20-13-15-9-11-16(22-3)12-10-15/h4-12,14,18H,13H2,1-3H3,(H,20,21)/t18-/m1/s1. The summed E-state index contributed by atoms with van der Waals surface area (Å²) < 4.78 is 5.14. The Morgan fingerprint density at radius 3 is 2.30 bits per heavy atom. The van der Waals surface area contributed by atoms with Crippen LogP contribution in [0.2, 0.25) is 0 Å². The summed E-state index contributed by atoms with van der Waals surface area (Å²) in [5.41, 5.74) is 1.06. The number of carbonyl (C=O) groups excluding carboxylic acids is 1. The van der Waals surface area contributed by atoms with Crippen molar-refractivity contribution < 1.29 is 9.53 Å². The van der Waals surface area contributed by atoms with Gasteiger partial charge in [0.1, 0.15) is 5.75 Å². The molecule has 0 radical (unpaired) electrons. The number of carbonyl (C=O) groups is 1. The molecule has 0 spiro atoms. The van der Waals surface area contributed by atoms with Crippen LogP contribution in [-0.4, -0.2) is 18.3 Å². The van der Waals surface area contributed by atoms with Crippen LogP contribution in [0.25, 0.3) is 0 Å². The maximum Gasteiger partial charge on any atom is 0.234 e. The third-order valence-corrected chi connectivity index (χ3v) is 5.05. The molecule has 0 aromatic heterocycles. The van der Waals surface area contributed by atoms with Crippen LogP contribution in [-0.2, 0) is 11.3 Å². The Morgan fingerprint density at radius 2 is 1.74 bits per heavy atom. The number of methoxy groups -OCH3 is 1. The highest BCUT2D eigenvalue weighted by atomic mass is 32.2. The zero-order chi connectivity index (χ0) is 16.7. The van der Waals surface area contributed by atoms with E-state index in [2.05, 4.69) is 19.2 Å². The molecule has 0 unspecified atom stereocenters. The highest BCUT2D eigenvalue weighted by Gasteiger charge is 2.23. The first-order valence-electron chi connectivity index (χ1n) is 7.72. The Hall–Kier alpha value is -1.94. The molecular weight excluding hydrogens is 306 g/mol. The van der Waals surface area contributed by atoms with Crippen molar-refractivity contribution in [3.63, 3.8) is 0 Å². The molecule has 0 aliphatic carbocycles. The summed E-state index contributed by atoms with van der Waals surface area (Å²) in [4.78, 5) is 13.6. The molecule has 0 fully saturated rings. The Balaban J connectivity index is 1.95. The van der Waals surface area contributed by atoms with E-state index in [1.165, 1.54) is 0 Å². The third kappa shape index (κ3) is 5.32. The first-order valence-corrected chi connectivity index (χ1v) is 8.60. The normalized spacial score (nSPS) is 12.0. The number of hydrogen-bond donors (Lipinski definition) is 1. The molecule has 0 aliphatic rings. The van der Waals surface area contributed by atoms with Gasteiger partial charge in [-0.25, -0.2) is 0 Å². The minimum Gasteiger partial charge on any atom is -0.497 e. The predicted molar refractivity (Wildman–Crippen MR) is 95.8 cm³/mol. The van der Waals surface area contributed by atoms with Gasteiger partial charge in [-0.05, 0) is 35.7 Å². The van der Waals surface area contributed by atoms with Gasteiger partial charge in [-0.2, -0.15) is 0 Å². The molecule has 1 N–H and O–H groups in total. The van der Waals surface area contributed by atoms with Crippen molar-refractivity contribution in [2.24, 2.45) is 5.92 Å². The monoisotopic (exact) mass is 329 g/mol. The molecule has 2 rings (SSSR count). The highest BCUT2D eigenvalue weighted by molar-refractivity contribution is 8.00. The van der Waals surface area contributed by atoms with E-state index < -0.39 is 0 Å². The van der Waals surface area contributed by atoms with Crippen molar-refractivity contribution in [2.75, 3.05) is 7.11 Å². The molecule has 0 aliphatic heterocycles.